The van der Waals surface area contributed by atoms with Gasteiger partial charge in [0.05, 0.1) is 0 Å². The molecule has 0 aliphatic heterocycles. The first-order valence-electron chi connectivity index (χ1n) is 4.92. The maximum absolute atomic E-state index is 11.5. The third kappa shape index (κ3) is 3.50. The molecular weight excluding hydrogens is 210 g/mol. The zero-order valence-electron chi connectivity index (χ0n) is 9.94. The largest absolute Gasteiger partial charge is 0.444 e. The quantitative estimate of drug-likeness (QED) is 0.772. The molecule has 90 valence electrons. The Bertz CT molecular complexity index is 380. The van der Waals surface area contributed by atoms with Crippen LogP contribution in [-0.4, -0.2) is 26.7 Å². The van der Waals surface area contributed by atoms with Crippen LogP contribution in [0.1, 0.15) is 26.5 Å². The van der Waals surface area contributed by atoms with Crippen LogP contribution >= 0.6 is 0 Å². The Morgan fingerprint density at radius 3 is 2.62 bits per heavy atom. The number of aryl methyl sites for hydroxylation is 1. The summed E-state index contributed by atoms with van der Waals surface area (Å²) in [7, 11) is 1.65. The predicted octanol–water partition coefficient (Wildman–Crippen LogP) is 0.621. The van der Waals surface area contributed by atoms with E-state index in [9.17, 15) is 4.79 Å². The molecule has 1 amide bonds. The maximum Gasteiger partial charge on any atom is 0.413 e. The fourth-order valence-corrected chi connectivity index (χ4v) is 1.08. The van der Waals surface area contributed by atoms with Gasteiger partial charge >= 0.3 is 6.09 Å². The highest BCUT2D eigenvalue weighted by Gasteiger charge is 2.18. The highest BCUT2D eigenvalue weighted by Crippen LogP contribution is 2.12. The molecule has 0 spiro atoms. The molecule has 0 aliphatic rings. The summed E-state index contributed by atoms with van der Waals surface area (Å²) >= 11 is 0. The Hall–Kier alpha value is -1.63. The molecule has 0 radical (unpaired) electrons. The number of hydrogen-bond acceptors (Lipinski definition) is 5. The SMILES string of the molecule is Cn1nc(CN)c(NC(=O)OC(C)(C)C)n1. The van der Waals surface area contributed by atoms with Crippen molar-refractivity contribution in [3.63, 3.8) is 0 Å². The Morgan fingerprint density at radius 1 is 1.50 bits per heavy atom. The van der Waals surface area contributed by atoms with E-state index in [-0.39, 0.29) is 6.54 Å². The average molecular weight is 227 g/mol. The molecular formula is C9H17N5O2. The number of amides is 1. The van der Waals surface area contributed by atoms with Gasteiger partial charge in [0.1, 0.15) is 11.3 Å². The van der Waals surface area contributed by atoms with E-state index < -0.39 is 11.7 Å². The van der Waals surface area contributed by atoms with Gasteiger partial charge in [0, 0.05) is 13.6 Å². The first-order valence-corrected chi connectivity index (χ1v) is 4.92. The van der Waals surface area contributed by atoms with Gasteiger partial charge in [0.25, 0.3) is 0 Å². The molecule has 1 aromatic heterocycles. The summed E-state index contributed by atoms with van der Waals surface area (Å²) in [6.07, 6.45) is -0.567. The van der Waals surface area contributed by atoms with Crippen LogP contribution in [0, 0.1) is 0 Å². The fourth-order valence-electron chi connectivity index (χ4n) is 1.08. The van der Waals surface area contributed by atoms with Crippen molar-refractivity contribution in [3.05, 3.63) is 5.69 Å². The van der Waals surface area contributed by atoms with Gasteiger partial charge in [0.15, 0.2) is 5.82 Å². The minimum absolute atomic E-state index is 0.207. The second-order valence-electron chi connectivity index (χ2n) is 4.32. The molecule has 0 aromatic carbocycles. The van der Waals surface area contributed by atoms with Gasteiger partial charge in [-0.15, -0.1) is 5.10 Å². The summed E-state index contributed by atoms with van der Waals surface area (Å²) in [5, 5.41) is 10.5. The third-order valence-electron chi connectivity index (χ3n) is 1.60. The summed E-state index contributed by atoms with van der Waals surface area (Å²) in [5.74, 6) is 0.333. The maximum atomic E-state index is 11.5. The number of aromatic nitrogens is 3. The smallest absolute Gasteiger partial charge is 0.413 e. The molecule has 0 fully saturated rings. The lowest BCUT2D eigenvalue weighted by atomic mass is 10.2. The molecule has 3 N–H and O–H groups in total. The normalized spacial score (nSPS) is 11.3. The number of carbonyl (C=O) groups is 1. The molecule has 0 saturated carbocycles. The second-order valence-corrected chi connectivity index (χ2v) is 4.32. The minimum Gasteiger partial charge on any atom is -0.444 e. The van der Waals surface area contributed by atoms with Crippen LogP contribution in [0.5, 0.6) is 0 Å². The van der Waals surface area contributed by atoms with Crippen LogP contribution in [-0.2, 0) is 18.3 Å². The number of nitrogens with two attached hydrogens (primary N) is 1. The molecule has 0 unspecified atom stereocenters. The van der Waals surface area contributed by atoms with E-state index in [0.717, 1.165) is 0 Å². The van der Waals surface area contributed by atoms with Gasteiger partial charge < -0.3 is 10.5 Å². The van der Waals surface area contributed by atoms with Gasteiger partial charge in [-0.25, -0.2) is 4.79 Å². The molecule has 16 heavy (non-hydrogen) atoms. The topological polar surface area (TPSA) is 95.1 Å². The lowest BCUT2D eigenvalue weighted by Gasteiger charge is -2.19. The molecule has 7 heteroatoms. The molecule has 0 bridgehead atoms. The van der Waals surface area contributed by atoms with Crippen LogP contribution in [0.4, 0.5) is 10.6 Å². The minimum atomic E-state index is -0.567. The number of rotatable bonds is 2. The highest BCUT2D eigenvalue weighted by atomic mass is 16.6. The van der Waals surface area contributed by atoms with Gasteiger partial charge in [0.2, 0.25) is 0 Å². The van der Waals surface area contributed by atoms with E-state index in [4.69, 9.17) is 10.5 Å². The van der Waals surface area contributed by atoms with Gasteiger partial charge in [-0.1, -0.05) is 0 Å². The molecule has 0 saturated heterocycles. The van der Waals surface area contributed by atoms with Crippen LogP contribution < -0.4 is 11.1 Å². The van der Waals surface area contributed by atoms with Crippen LogP contribution in [0.3, 0.4) is 0 Å². The molecule has 7 nitrogen and oxygen atoms in total. The predicted molar refractivity (Wildman–Crippen MR) is 58.8 cm³/mol. The molecule has 1 heterocycles. The number of anilines is 1. The van der Waals surface area contributed by atoms with Crippen molar-refractivity contribution in [2.24, 2.45) is 12.8 Å². The number of carbonyl (C=O) groups excluding carboxylic acids is 1. The van der Waals surface area contributed by atoms with Crippen molar-refractivity contribution < 1.29 is 9.53 Å². The summed E-state index contributed by atoms with van der Waals surface area (Å²) < 4.78 is 5.08. The van der Waals surface area contributed by atoms with Crippen molar-refractivity contribution in [1.82, 2.24) is 15.0 Å². The van der Waals surface area contributed by atoms with E-state index in [2.05, 4.69) is 15.5 Å². The number of nitrogens with one attached hydrogen (secondary N) is 1. The molecule has 1 rings (SSSR count). The van der Waals surface area contributed by atoms with Crippen molar-refractivity contribution in [2.75, 3.05) is 5.32 Å². The first-order chi connectivity index (χ1) is 7.31. The van der Waals surface area contributed by atoms with Gasteiger partial charge in [-0.2, -0.15) is 9.90 Å². The van der Waals surface area contributed by atoms with Gasteiger partial charge in [-0.05, 0) is 20.8 Å². The lowest BCUT2D eigenvalue weighted by molar-refractivity contribution is 0.0635. The fraction of sp³-hybridized carbons (Fsp3) is 0.667. The Labute approximate surface area is 93.9 Å². The molecule has 0 atom stereocenters. The zero-order valence-corrected chi connectivity index (χ0v) is 9.94. The number of hydrogen-bond donors (Lipinski definition) is 2. The molecule has 1 aromatic rings. The van der Waals surface area contributed by atoms with Crippen molar-refractivity contribution in [2.45, 2.75) is 32.9 Å². The van der Waals surface area contributed by atoms with E-state index in [1.165, 1.54) is 4.80 Å². The molecule has 0 aliphatic carbocycles. The first kappa shape index (κ1) is 12.4. The van der Waals surface area contributed by atoms with Crippen molar-refractivity contribution in [3.8, 4) is 0 Å². The van der Waals surface area contributed by atoms with E-state index in [0.29, 0.717) is 11.5 Å². The Kier molecular flexibility index (Phi) is 3.48. The Balaban J connectivity index is 2.69. The van der Waals surface area contributed by atoms with E-state index in [1.807, 2.05) is 0 Å². The van der Waals surface area contributed by atoms with Crippen molar-refractivity contribution >= 4 is 11.9 Å². The van der Waals surface area contributed by atoms with Crippen molar-refractivity contribution in [1.29, 1.82) is 0 Å². The lowest BCUT2D eigenvalue weighted by Crippen LogP contribution is -2.27. The highest BCUT2D eigenvalue weighted by molar-refractivity contribution is 5.84. The average Bonchev–Trinajstić information content (AvgIpc) is 2.42. The van der Waals surface area contributed by atoms with Crippen LogP contribution in [0.2, 0.25) is 0 Å². The Morgan fingerprint density at radius 2 is 2.12 bits per heavy atom. The summed E-state index contributed by atoms with van der Waals surface area (Å²) in [6.45, 7) is 5.56. The monoisotopic (exact) mass is 227 g/mol. The standard InChI is InChI=1S/C9H17N5O2/c1-9(2,3)16-8(15)11-7-6(5-10)12-14(4)13-7/h5,10H2,1-4H3,(H,11,13,15). The zero-order chi connectivity index (χ0) is 12.3. The number of nitrogens with zero attached hydrogens (tertiary/aromatic N) is 3. The van der Waals surface area contributed by atoms with Gasteiger partial charge in [-0.3, -0.25) is 5.32 Å². The van der Waals surface area contributed by atoms with E-state index in [1.54, 1.807) is 27.8 Å². The summed E-state index contributed by atoms with van der Waals surface area (Å²) in [4.78, 5) is 12.8. The summed E-state index contributed by atoms with van der Waals surface area (Å²) in [5.41, 5.74) is 5.43. The van der Waals surface area contributed by atoms with E-state index >= 15 is 0 Å². The number of ether oxygens (including phenoxy) is 1. The van der Waals surface area contributed by atoms with Crippen LogP contribution in [0.15, 0.2) is 0 Å². The third-order valence-corrected chi connectivity index (χ3v) is 1.60. The van der Waals surface area contributed by atoms with Crippen LogP contribution in [0.25, 0.3) is 0 Å². The second kappa shape index (κ2) is 4.48. The summed E-state index contributed by atoms with van der Waals surface area (Å²) in [6, 6.07) is 0.